The van der Waals surface area contributed by atoms with E-state index in [4.69, 9.17) is 4.74 Å². The van der Waals surface area contributed by atoms with Crippen LogP contribution in [0.1, 0.15) is 35.3 Å². The molecule has 0 spiro atoms. The van der Waals surface area contributed by atoms with E-state index in [0.29, 0.717) is 25.1 Å². The van der Waals surface area contributed by atoms with Gasteiger partial charge in [0.2, 0.25) is 5.91 Å². The average molecular weight is 405 g/mol. The molecule has 0 unspecified atom stereocenters. The largest absolute Gasteiger partial charge is 0.497 e. The van der Waals surface area contributed by atoms with Crippen LogP contribution in [-0.4, -0.2) is 41.4 Å². The summed E-state index contributed by atoms with van der Waals surface area (Å²) in [6.07, 6.45) is 2.66. The van der Waals surface area contributed by atoms with E-state index in [9.17, 15) is 9.59 Å². The third-order valence-electron chi connectivity index (χ3n) is 5.75. The summed E-state index contributed by atoms with van der Waals surface area (Å²) in [4.78, 5) is 30.8. The summed E-state index contributed by atoms with van der Waals surface area (Å²) in [6.45, 7) is 4.94. The number of carbonyl (C=O) groups excluding carboxylic acids is 2. The van der Waals surface area contributed by atoms with E-state index in [1.165, 1.54) is 0 Å². The summed E-state index contributed by atoms with van der Waals surface area (Å²) in [5.41, 5.74) is 3.84. The van der Waals surface area contributed by atoms with Gasteiger partial charge in [-0.3, -0.25) is 9.59 Å². The fourth-order valence-corrected chi connectivity index (χ4v) is 4.22. The Bertz CT molecular complexity index is 1090. The molecule has 0 fully saturated rings. The van der Waals surface area contributed by atoms with Gasteiger partial charge in [-0.2, -0.15) is 0 Å². The third-order valence-corrected chi connectivity index (χ3v) is 5.75. The predicted molar refractivity (Wildman–Crippen MR) is 117 cm³/mol. The first-order valence-corrected chi connectivity index (χ1v) is 10.3. The highest BCUT2D eigenvalue weighted by Crippen LogP contribution is 2.27. The number of ether oxygens (including phenoxy) is 1. The lowest BCUT2D eigenvalue weighted by Crippen LogP contribution is -2.50. The summed E-state index contributed by atoms with van der Waals surface area (Å²) >= 11 is 0. The lowest BCUT2D eigenvalue weighted by Gasteiger charge is -2.30. The van der Waals surface area contributed by atoms with Gasteiger partial charge in [-0.15, -0.1) is 0 Å². The fraction of sp³-hybridized carbons (Fsp3) is 0.333. The minimum atomic E-state index is -0.493. The Morgan fingerprint density at radius 2 is 2.03 bits per heavy atom. The molecule has 6 heteroatoms. The van der Waals surface area contributed by atoms with Crippen LogP contribution < -0.4 is 10.1 Å². The number of methoxy groups -OCH3 is 1. The van der Waals surface area contributed by atoms with Crippen molar-refractivity contribution in [2.45, 2.75) is 32.9 Å². The Kier molecular flexibility index (Phi) is 5.48. The van der Waals surface area contributed by atoms with Crippen molar-refractivity contribution < 1.29 is 14.3 Å². The van der Waals surface area contributed by atoms with Crippen molar-refractivity contribution in [1.82, 2.24) is 15.2 Å². The summed E-state index contributed by atoms with van der Waals surface area (Å²) in [5.74, 6) is 0.645. The SMILES string of the molecule is COc1ccc2[nH]cc(CCNC(=O)[C@H](C(C)C)N3Cc4ccccc4C3=O)c2c1. The van der Waals surface area contributed by atoms with Crippen molar-refractivity contribution in [1.29, 1.82) is 0 Å². The molecule has 4 rings (SSSR count). The first kappa shape index (κ1) is 20.0. The number of carbonyl (C=O) groups is 2. The van der Waals surface area contributed by atoms with Crippen LogP contribution in [-0.2, 0) is 17.8 Å². The number of nitrogens with zero attached hydrogens (tertiary/aromatic N) is 1. The van der Waals surface area contributed by atoms with Crippen molar-refractivity contribution in [3.63, 3.8) is 0 Å². The summed E-state index contributed by atoms with van der Waals surface area (Å²) in [5, 5.41) is 4.13. The third kappa shape index (κ3) is 3.65. The van der Waals surface area contributed by atoms with Gasteiger partial charge in [0.15, 0.2) is 0 Å². The molecule has 0 aliphatic carbocycles. The number of H-pyrrole nitrogens is 1. The maximum atomic E-state index is 13.0. The number of fused-ring (bicyclic) bond motifs is 2. The number of nitrogens with one attached hydrogen (secondary N) is 2. The van der Waals surface area contributed by atoms with Crippen LogP contribution in [0, 0.1) is 5.92 Å². The molecule has 0 saturated heterocycles. The quantitative estimate of drug-likeness (QED) is 0.632. The van der Waals surface area contributed by atoms with Gasteiger partial charge in [-0.1, -0.05) is 32.0 Å². The van der Waals surface area contributed by atoms with Crippen LogP contribution in [0.25, 0.3) is 10.9 Å². The van der Waals surface area contributed by atoms with Gasteiger partial charge in [-0.25, -0.2) is 0 Å². The van der Waals surface area contributed by atoms with Gasteiger partial charge in [0, 0.05) is 35.8 Å². The molecule has 1 aromatic heterocycles. The van der Waals surface area contributed by atoms with Crippen LogP contribution >= 0.6 is 0 Å². The van der Waals surface area contributed by atoms with E-state index in [2.05, 4.69) is 10.3 Å². The maximum absolute atomic E-state index is 13.0. The molecule has 3 aromatic rings. The van der Waals surface area contributed by atoms with Gasteiger partial charge in [0.25, 0.3) is 5.91 Å². The normalized spacial score (nSPS) is 14.3. The standard InChI is InChI=1S/C24H27N3O3/c1-15(2)22(27-14-17-6-4-5-7-19(17)24(27)29)23(28)25-11-10-16-13-26-21-9-8-18(30-3)12-20(16)21/h4-9,12-13,15,22,26H,10-11,14H2,1-3H3,(H,25,28)/t22-/m0/s1. The van der Waals surface area contributed by atoms with Gasteiger partial charge >= 0.3 is 0 Å². The van der Waals surface area contributed by atoms with E-state index < -0.39 is 6.04 Å². The minimum absolute atomic E-state index is 0.0145. The molecular weight excluding hydrogens is 378 g/mol. The molecule has 1 aliphatic rings. The summed E-state index contributed by atoms with van der Waals surface area (Å²) < 4.78 is 5.32. The van der Waals surface area contributed by atoms with E-state index in [1.807, 2.05) is 62.5 Å². The lowest BCUT2D eigenvalue weighted by atomic mass is 10.0. The molecule has 2 N–H and O–H groups in total. The van der Waals surface area contributed by atoms with Gasteiger partial charge in [-0.05, 0) is 47.7 Å². The summed E-state index contributed by atoms with van der Waals surface area (Å²) in [6, 6.07) is 13.0. The molecule has 2 amide bonds. The van der Waals surface area contributed by atoms with Crippen molar-refractivity contribution in [3.05, 3.63) is 65.4 Å². The number of aromatic nitrogens is 1. The highest BCUT2D eigenvalue weighted by atomic mass is 16.5. The first-order chi connectivity index (χ1) is 14.5. The average Bonchev–Trinajstić information content (AvgIpc) is 3.29. The Balaban J connectivity index is 1.43. The maximum Gasteiger partial charge on any atom is 0.255 e. The van der Waals surface area contributed by atoms with Gasteiger partial charge < -0.3 is 19.9 Å². The minimum Gasteiger partial charge on any atom is -0.497 e. The van der Waals surface area contributed by atoms with E-state index in [0.717, 1.165) is 27.8 Å². The van der Waals surface area contributed by atoms with Gasteiger partial charge in [0.1, 0.15) is 11.8 Å². The molecule has 156 valence electrons. The van der Waals surface area contributed by atoms with Crippen molar-refractivity contribution in [2.24, 2.45) is 5.92 Å². The molecule has 1 aliphatic heterocycles. The monoisotopic (exact) mass is 405 g/mol. The zero-order valence-corrected chi connectivity index (χ0v) is 17.6. The molecule has 0 saturated carbocycles. The Hall–Kier alpha value is -3.28. The Labute approximate surface area is 176 Å². The number of hydrogen-bond donors (Lipinski definition) is 2. The van der Waals surface area contributed by atoms with Crippen molar-refractivity contribution in [2.75, 3.05) is 13.7 Å². The van der Waals surface area contributed by atoms with E-state index in [-0.39, 0.29) is 17.7 Å². The molecule has 1 atom stereocenters. The van der Waals surface area contributed by atoms with Crippen LogP contribution in [0.2, 0.25) is 0 Å². The second-order valence-corrected chi connectivity index (χ2v) is 8.05. The van der Waals surface area contributed by atoms with E-state index in [1.54, 1.807) is 12.0 Å². The Morgan fingerprint density at radius 1 is 1.23 bits per heavy atom. The van der Waals surface area contributed by atoms with Gasteiger partial charge in [0.05, 0.1) is 7.11 Å². The number of amides is 2. The zero-order chi connectivity index (χ0) is 21.3. The molecule has 2 aromatic carbocycles. The Morgan fingerprint density at radius 3 is 2.77 bits per heavy atom. The van der Waals surface area contributed by atoms with Crippen LogP contribution in [0.3, 0.4) is 0 Å². The van der Waals surface area contributed by atoms with E-state index >= 15 is 0 Å². The molecule has 30 heavy (non-hydrogen) atoms. The number of rotatable bonds is 7. The van der Waals surface area contributed by atoms with Crippen molar-refractivity contribution in [3.8, 4) is 5.75 Å². The molecule has 6 nitrogen and oxygen atoms in total. The zero-order valence-electron chi connectivity index (χ0n) is 17.6. The molecule has 0 radical (unpaired) electrons. The number of benzene rings is 2. The topological polar surface area (TPSA) is 74.4 Å². The number of aromatic amines is 1. The highest BCUT2D eigenvalue weighted by molar-refractivity contribution is 6.01. The fourth-order valence-electron chi connectivity index (χ4n) is 4.22. The molecule has 2 heterocycles. The summed E-state index contributed by atoms with van der Waals surface area (Å²) in [7, 11) is 1.65. The van der Waals surface area contributed by atoms with Crippen LogP contribution in [0.15, 0.2) is 48.7 Å². The highest BCUT2D eigenvalue weighted by Gasteiger charge is 2.37. The second-order valence-electron chi connectivity index (χ2n) is 8.05. The first-order valence-electron chi connectivity index (χ1n) is 10.3. The molecule has 0 bridgehead atoms. The number of hydrogen-bond acceptors (Lipinski definition) is 3. The predicted octanol–water partition coefficient (Wildman–Crippen LogP) is 3.52. The smallest absolute Gasteiger partial charge is 0.255 e. The second kappa shape index (κ2) is 8.22. The molecular formula is C24H27N3O3. The van der Waals surface area contributed by atoms with Crippen LogP contribution in [0.4, 0.5) is 0 Å². The van der Waals surface area contributed by atoms with Crippen molar-refractivity contribution >= 4 is 22.7 Å². The lowest BCUT2D eigenvalue weighted by molar-refractivity contribution is -0.127. The van der Waals surface area contributed by atoms with Crippen LogP contribution in [0.5, 0.6) is 5.75 Å².